The third-order valence-corrected chi connectivity index (χ3v) is 7.35. The quantitative estimate of drug-likeness (QED) is 0.267. The molecule has 3 heterocycles. The van der Waals surface area contributed by atoms with Gasteiger partial charge in [0.25, 0.3) is 5.69 Å². The first kappa shape index (κ1) is 21.0. The molecular formula is C22H20ClN5O3S. The van der Waals surface area contributed by atoms with Crippen LogP contribution in [0.4, 0.5) is 5.69 Å². The lowest BCUT2D eigenvalue weighted by atomic mass is 9.96. The van der Waals surface area contributed by atoms with Crippen LogP contribution in [0.1, 0.15) is 42.6 Å². The van der Waals surface area contributed by atoms with Crippen molar-refractivity contribution >= 4 is 38.8 Å². The number of halogens is 1. The number of hydrogen-bond donors (Lipinski definition) is 0. The highest BCUT2D eigenvalue weighted by atomic mass is 35.5. The zero-order valence-electron chi connectivity index (χ0n) is 17.3. The van der Waals surface area contributed by atoms with Crippen molar-refractivity contribution in [3.8, 4) is 11.5 Å². The lowest BCUT2D eigenvalue weighted by Gasteiger charge is -2.33. The molecule has 1 unspecified atom stereocenters. The summed E-state index contributed by atoms with van der Waals surface area (Å²) in [6.45, 7) is 3.89. The van der Waals surface area contributed by atoms with Gasteiger partial charge in [-0.25, -0.2) is 4.98 Å². The van der Waals surface area contributed by atoms with Crippen molar-refractivity contribution in [3.05, 3.63) is 68.5 Å². The molecular weight excluding hydrogens is 450 g/mol. The van der Waals surface area contributed by atoms with E-state index in [9.17, 15) is 10.1 Å². The third kappa shape index (κ3) is 4.11. The van der Waals surface area contributed by atoms with Gasteiger partial charge < -0.3 is 4.42 Å². The zero-order valence-corrected chi connectivity index (χ0v) is 18.8. The Morgan fingerprint density at radius 1 is 1.19 bits per heavy atom. The summed E-state index contributed by atoms with van der Waals surface area (Å²) < 4.78 is 7.06. The molecule has 1 aliphatic rings. The number of aromatic nitrogens is 3. The second kappa shape index (κ2) is 8.57. The largest absolute Gasteiger partial charge is 0.419 e. The number of nitro benzene ring substituents is 1. The number of fused-ring (bicyclic) bond motifs is 1. The summed E-state index contributed by atoms with van der Waals surface area (Å²) in [5.74, 6) is 1.35. The Morgan fingerprint density at radius 2 is 1.94 bits per heavy atom. The Hall–Kier alpha value is -2.88. The van der Waals surface area contributed by atoms with Crippen molar-refractivity contribution in [3.63, 3.8) is 0 Å². The molecule has 0 radical (unpaired) electrons. The van der Waals surface area contributed by atoms with Crippen LogP contribution in [0, 0.1) is 10.1 Å². The summed E-state index contributed by atoms with van der Waals surface area (Å²) in [7, 11) is 0. The molecule has 2 aromatic heterocycles. The summed E-state index contributed by atoms with van der Waals surface area (Å²) in [6, 6.07) is 12.0. The Labute approximate surface area is 193 Å². The van der Waals surface area contributed by atoms with Crippen molar-refractivity contribution in [1.82, 2.24) is 20.1 Å². The minimum Gasteiger partial charge on any atom is -0.419 e. The van der Waals surface area contributed by atoms with Gasteiger partial charge in [-0.1, -0.05) is 11.6 Å². The number of likely N-dealkylation sites (tertiary alicyclic amines) is 1. The highest BCUT2D eigenvalue weighted by Crippen LogP contribution is 2.36. The number of nitro groups is 1. The van der Waals surface area contributed by atoms with Crippen LogP contribution in [0.2, 0.25) is 5.02 Å². The predicted octanol–water partition coefficient (Wildman–Crippen LogP) is 5.85. The molecule has 1 aliphatic heterocycles. The number of thiazole rings is 1. The van der Waals surface area contributed by atoms with Crippen LogP contribution < -0.4 is 0 Å². The van der Waals surface area contributed by atoms with Crippen molar-refractivity contribution in [2.24, 2.45) is 0 Å². The second-order valence-electron chi connectivity index (χ2n) is 7.90. The Bertz CT molecular complexity index is 1260. The van der Waals surface area contributed by atoms with E-state index >= 15 is 0 Å². The second-order valence-corrected chi connectivity index (χ2v) is 9.40. The highest BCUT2D eigenvalue weighted by molar-refractivity contribution is 7.18. The first-order valence-electron chi connectivity index (χ1n) is 10.4. The molecule has 0 aliphatic carbocycles. The van der Waals surface area contributed by atoms with Crippen LogP contribution in [0.3, 0.4) is 0 Å². The summed E-state index contributed by atoms with van der Waals surface area (Å²) in [6.07, 6.45) is 2.03. The zero-order chi connectivity index (χ0) is 22.2. The van der Waals surface area contributed by atoms with Crippen LogP contribution in [-0.4, -0.2) is 38.1 Å². The van der Waals surface area contributed by atoms with E-state index < -0.39 is 4.92 Å². The minimum absolute atomic E-state index is 0.00979. The van der Waals surface area contributed by atoms with Gasteiger partial charge in [0.05, 0.1) is 26.2 Å². The molecule has 0 amide bonds. The third-order valence-electron chi connectivity index (χ3n) is 5.92. The predicted molar refractivity (Wildman–Crippen MR) is 123 cm³/mol. The molecule has 1 saturated heterocycles. The maximum atomic E-state index is 10.8. The smallest absolute Gasteiger partial charge is 0.269 e. The van der Waals surface area contributed by atoms with Gasteiger partial charge in [0.2, 0.25) is 11.8 Å². The molecule has 0 saturated carbocycles. The topological polar surface area (TPSA) is 98.2 Å². The lowest BCUT2D eigenvalue weighted by Crippen LogP contribution is -2.35. The van der Waals surface area contributed by atoms with Gasteiger partial charge in [0.15, 0.2) is 0 Å². The van der Waals surface area contributed by atoms with E-state index in [1.54, 1.807) is 23.5 Å². The molecule has 0 spiro atoms. The van der Waals surface area contributed by atoms with Gasteiger partial charge in [-0.15, -0.1) is 21.5 Å². The average Bonchev–Trinajstić information content (AvgIpc) is 3.46. The maximum absolute atomic E-state index is 10.8. The van der Waals surface area contributed by atoms with Crippen molar-refractivity contribution in [1.29, 1.82) is 0 Å². The normalized spacial score (nSPS) is 16.4. The van der Waals surface area contributed by atoms with Gasteiger partial charge in [-0.2, -0.15) is 0 Å². The number of nitrogens with zero attached hydrogens (tertiary/aromatic N) is 5. The molecule has 32 heavy (non-hydrogen) atoms. The molecule has 1 atom stereocenters. The van der Waals surface area contributed by atoms with Crippen molar-refractivity contribution in [2.75, 3.05) is 13.1 Å². The summed E-state index contributed by atoms with van der Waals surface area (Å²) in [5.41, 5.74) is 1.66. The molecule has 4 aromatic rings. The number of piperidine rings is 1. The molecule has 1 fully saturated rings. The first-order chi connectivity index (χ1) is 15.5. The molecule has 0 N–H and O–H groups in total. The standard InChI is InChI=1S/C22H20ClN5O3S/c1-13(20-25-26-21(31-20)14-2-5-17(6-3-14)28(29)30)27-10-8-15(9-11-27)22-24-18-12-16(23)4-7-19(18)32-22/h2-7,12-13,15H,8-11H2,1H3. The number of rotatable bonds is 5. The summed E-state index contributed by atoms with van der Waals surface area (Å²) in [5, 5.41) is 21.1. The SMILES string of the molecule is CC(c1nnc(-c2ccc([N+](=O)[O-])cc2)o1)N1CCC(c2nc3cc(Cl)ccc3s2)CC1. The van der Waals surface area contributed by atoms with Crippen molar-refractivity contribution in [2.45, 2.75) is 31.7 Å². The number of non-ortho nitro benzene ring substituents is 1. The summed E-state index contributed by atoms with van der Waals surface area (Å²) in [4.78, 5) is 17.6. The Kier molecular flexibility index (Phi) is 5.62. The van der Waals surface area contributed by atoms with E-state index in [0.717, 1.165) is 31.4 Å². The lowest BCUT2D eigenvalue weighted by molar-refractivity contribution is -0.384. The molecule has 5 rings (SSSR count). The van der Waals surface area contributed by atoms with Gasteiger partial charge in [0, 0.05) is 28.6 Å². The molecule has 164 valence electrons. The van der Waals surface area contributed by atoms with Crippen LogP contribution >= 0.6 is 22.9 Å². The fraction of sp³-hybridized carbons (Fsp3) is 0.318. The Balaban J connectivity index is 1.24. The van der Waals surface area contributed by atoms with Crippen molar-refractivity contribution < 1.29 is 9.34 Å². The Morgan fingerprint density at radius 3 is 2.66 bits per heavy atom. The van der Waals surface area contributed by atoms with E-state index in [1.807, 2.05) is 18.2 Å². The van der Waals surface area contributed by atoms with E-state index in [0.29, 0.717) is 28.3 Å². The van der Waals surface area contributed by atoms with Crippen LogP contribution in [-0.2, 0) is 0 Å². The molecule has 8 nitrogen and oxygen atoms in total. The van der Waals surface area contributed by atoms with Gasteiger partial charge >= 0.3 is 0 Å². The molecule has 10 heteroatoms. The fourth-order valence-corrected chi connectivity index (χ4v) is 5.31. The van der Waals surface area contributed by atoms with E-state index in [2.05, 4.69) is 22.0 Å². The molecule has 0 bridgehead atoms. The highest BCUT2D eigenvalue weighted by Gasteiger charge is 2.29. The summed E-state index contributed by atoms with van der Waals surface area (Å²) >= 11 is 7.85. The fourth-order valence-electron chi connectivity index (χ4n) is 4.03. The van der Waals surface area contributed by atoms with E-state index in [1.165, 1.54) is 21.8 Å². The van der Waals surface area contributed by atoms with Crippen LogP contribution in [0.5, 0.6) is 0 Å². The number of benzene rings is 2. The van der Waals surface area contributed by atoms with Crippen LogP contribution in [0.25, 0.3) is 21.7 Å². The van der Waals surface area contributed by atoms with Gasteiger partial charge in [-0.3, -0.25) is 15.0 Å². The first-order valence-corrected chi connectivity index (χ1v) is 11.6. The van der Waals surface area contributed by atoms with Gasteiger partial charge in [0.1, 0.15) is 0 Å². The van der Waals surface area contributed by atoms with Gasteiger partial charge in [-0.05, 0) is 63.2 Å². The number of hydrogen-bond acceptors (Lipinski definition) is 8. The maximum Gasteiger partial charge on any atom is 0.269 e. The minimum atomic E-state index is -0.432. The van der Waals surface area contributed by atoms with Crippen LogP contribution in [0.15, 0.2) is 46.9 Å². The average molecular weight is 470 g/mol. The molecule has 2 aromatic carbocycles. The van der Waals surface area contributed by atoms with E-state index in [4.69, 9.17) is 21.0 Å². The monoisotopic (exact) mass is 469 g/mol. The van der Waals surface area contributed by atoms with E-state index in [-0.39, 0.29) is 11.7 Å².